The second-order valence-corrected chi connectivity index (χ2v) is 5.49. The molecule has 0 spiro atoms. The zero-order valence-electron chi connectivity index (χ0n) is 9.95. The van der Waals surface area contributed by atoms with Crippen molar-refractivity contribution in [3.8, 4) is 5.75 Å². The van der Waals surface area contributed by atoms with Crippen molar-refractivity contribution in [3.63, 3.8) is 0 Å². The molecule has 1 unspecified atom stereocenters. The molecule has 0 aliphatic carbocycles. The first-order chi connectivity index (χ1) is 8.54. The Balaban J connectivity index is 2.45. The van der Waals surface area contributed by atoms with Gasteiger partial charge < -0.3 is 15.2 Å². The van der Waals surface area contributed by atoms with Gasteiger partial charge in [0.1, 0.15) is 5.75 Å². The molecule has 2 N–H and O–H groups in total. The normalized spacial score (nSPS) is 12.2. The summed E-state index contributed by atoms with van der Waals surface area (Å²) in [5.41, 5.74) is 0.220. The molecule has 0 saturated carbocycles. The van der Waals surface area contributed by atoms with Gasteiger partial charge in [-0.25, -0.2) is 0 Å². The molecule has 0 heterocycles. The van der Waals surface area contributed by atoms with Gasteiger partial charge in [-0.05, 0) is 24.6 Å². The molecule has 6 heteroatoms. The highest BCUT2D eigenvalue weighted by Gasteiger charge is 2.11. The number of alkyl halides is 1. The molecule has 0 fully saturated rings. The lowest BCUT2D eigenvalue weighted by Gasteiger charge is -2.10. The number of amides is 1. The first kappa shape index (κ1) is 15.3. The summed E-state index contributed by atoms with van der Waals surface area (Å²) < 4.78 is 4.96. The van der Waals surface area contributed by atoms with Gasteiger partial charge in [-0.3, -0.25) is 4.79 Å². The molecule has 0 radical (unpaired) electrons. The highest BCUT2D eigenvalue weighted by atomic mass is 79.9. The van der Waals surface area contributed by atoms with Crippen molar-refractivity contribution in [2.45, 2.75) is 11.2 Å². The van der Waals surface area contributed by atoms with E-state index < -0.39 is 0 Å². The lowest BCUT2D eigenvalue weighted by molar-refractivity contribution is 0.0949. The highest BCUT2D eigenvalue weighted by Crippen LogP contribution is 2.21. The Labute approximate surface area is 119 Å². The van der Waals surface area contributed by atoms with E-state index in [1.165, 1.54) is 12.1 Å². The van der Waals surface area contributed by atoms with Crippen LogP contribution in [0.2, 0.25) is 5.02 Å². The molecule has 1 atom stereocenters. The van der Waals surface area contributed by atoms with Crippen LogP contribution in [0.5, 0.6) is 5.75 Å². The topological polar surface area (TPSA) is 58.6 Å². The first-order valence-electron chi connectivity index (χ1n) is 5.44. The third-order valence-electron chi connectivity index (χ3n) is 2.30. The molecule has 1 rings (SSSR count). The summed E-state index contributed by atoms with van der Waals surface area (Å²) in [7, 11) is 1.62. The molecule has 0 aliphatic rings. The predicted octanol–water partition coefficient (Wildman–Crippen LogP) is 2.58. The summed E-state index contributed by atoms with van der Waals surface area (Å²) >= 11 is 9.12. The monoisotopic (exact) mass is 335 g/mol. The Morgan fingerprint density at radius 3 is 2.94 bits per heavy atom. The quantitative estimate of drug-likeness (QED) is 0.785. The van der Waals surface area contributed by atoms with E-state index in [0.717, 1.165) is 6.42 Å². The van der Waals surface area contributed by atoms with Crippen LogP contribution in [0.25, 0.3) is 0 Å². The number of phenols is 1. The molecular weight excluding hydrogens is 321 g/mol. The van der Waals surface area contributed by atoms with Crippen LogP contribution in [0, 0.1) is 0 Å². The van der Waals surface area contributed by atoms with Gasteiger partial charge in [0.05, 0.1) is 12.2 Å². The Kier molecular flexibility index (Phi) is 6.46. The fourth-order valence-corrected chi connectivity index (χ4v) is 2.06. The van der Waals surface area contributed by atoms with Crippen LogP contribution in [0.1, 0.15) is 16.8 Å². The van der Waals surface area contributed by atoms with E-state index in [-0.39, 0.29) is 22.0 Å². The van der Waals surface area contributed by atoms with E-state index in [4.69, 9.17) is 16.3 Å². The van der Waals surface area contributed by atoms with E-state index >= 15 is 0 Å². The van der Waals surface area contributed by atoms with Gasteiger partial charge >= 0.3 is 0 Å². The number of halogens is 2. The lowest BCUT2D eigenvalue weighted by Crippen LogP contribution is -2.26. The minimum absolute atomic E-state index is 0.118. The van der Waals surface area contributed by atoms with Crippen molar-refractivity contribution in [1.29, 1.82) is 0 Å². The number of ether oxygens (including phenoxy) is 1. The van der Waals surface area contributed by atoms with Crippen LogP contribution in [0.4, 0.5) is 0 Å². The maximum absolute atomic E-state index is 11.8. The summed E-state index contributed by atoms with van der Waals surface area (Å²) in [6.45, 7) is 1.09. The molecule has 1 aromatic rings. The smallest absolute Gasteiger partial charge is 0.255 e. The first-order valence-corrected chi connectivity index (χ1v) is 6.73. The predicted molar refractivity (Wildman–Crippen MR) is 74.7 cm³/mol. The van der Waals surface area contributed by atoms with Crippen molar-refractivity contribution in [1.82, 2.24) is 5.32 Å². The highest BCUT2D eigenvalue weighted by molar-refractivity contribution is 9.09. The van der Waals surface area contributed by atoms with Gasteiger partial charge in [0, 0.05) is 23.5 Å². The van der Waals surface area contributed by atoms with Crippen LogP contribution in [-0.2, 0) is 4.74 Å². The molecule has 0 aromatic heterocycles. The number of benzene rings is 1. The minimum atomic E-state index is -0.318. The van der Waals surface area contributed by atoms with Gasteiger partial charge in [-0.15, -0.1) is 0 Å². The van der Waals surface area contributed by atoms with Gasteiger partial charge in [0.25, 0.3) is 5.91 Å². The second kappa shape index (κ2) is 7.61. The maximum atomic E-state index is 11.8. The number of hydrogen-bond acceptors (Lipinski definition) is 3. The second-order valence-electron chi connectivity index (χ2n) is 3.76. The fraction of sp³-hybridized carbons (Fsp3) is 0.417. The number of phenolic OH excluding ortho intramolecular Hbond substituents is 1. The van der Waals surface area contributed by atoms with E-state index in [9.17, 15) is 9.90 Å². The Bertz CT molecular complexity index is 414. The van der Waals surface area contributed by atoms with Gasteiger partial charge in [-0.1, -0.05) is 27.5 Å². The van der Waals surface area contributed by atoms with E-state index in [0.29, 0.717) is 18.2 Å². The van der Waals surface area contributed by atoms with E-state index in [1.807, 2.05) is 0 Å². The average molecular weight is 337 g/mol. The Hall–Kier alpha value is -0.780. The number of nitrogens with one attached hydrogen (secondary N) is 1. The van der Waals surface area contributed by atoms with Gasteiger partial charge in [0.2, 0.25) is 0 Å². The standard InChI is InChI=1S/C12H15BrClNO3/c1-18-7-8(13)4-5-15-12(17)10-3-2-9(14)6-11(10)16/h2-3,6,8,16H,4-5,7H2,1H3,(H,15,17). The third kappa shape index (κ3) is 4.84. The fourth-order valence-electron chi connectivity index (χ4n) is 1.40. The van der Waals surface area contributed by atoms with Crippen molar-refractivity contribution in [2.24, 2.45) is 0 Å². The Morgan fingerprint density at radius 2 is 2.33 bits per heavy atom. The molecule has 100 valence electrons. The summed E-state index contributed by atoms with van der Waals surface area (Å²) in [4.78, 5) is 12.0. The molecule has 1 amide bonds. The summed E-state index contributed by atoms with van der Waals surface area (Å²) in [6.07, 6.45) is 0.744. The lowest BCUT2D eigenvalue weighted by atomic mass is 10.2. The van der Waals surface area contributed by atoms with Crippen LogP contribution < -0.4 is 5.32 Å². The molecular formula is C12H15BrClNO3. The van der Waals surface area contributed by atoms with Gasteiger partial charge in [-0.2, -0.15) is 0 Å². The Morgan fingerprint density at radius 1 is 1.61 bits per heavy atom. The summed E-state index contributed by atoms with van der Waals surface area (Å²) in [6, 6.07) is 4.40. The van der Waals surface area contributed by atoms with Crippen molar-refractivity contribution < 1.29 is 14.6 Å². The van der Waals surface area contributed by atoms with Gasteiger partial charge in [0.15, 0.2) is 0 Å². The minimum Gasteiger partial charge on any atom is -0.507 e. The number of aromatic hydroxyl groups is 1. The van der Waals surface area contributed by atoms with Crippen LogP contribution in [0.3, 0.4) is 0 Å². The van der Waals surface area contributed by atoms with Crippen LogP contribution >= 0.6 is 27.5 Å². The number of carbonyl (C=O) groups excluding carboxylic acids is 1. The number of methoxy groups -OCH3 is 1. The van der Waals surface area contributed by atoms with Crippen molar-refractivity contribution in [2.75, 3.05) is 20.3 Å². The molecule has 0 aliphatic heterocycles. The maximum Gasteiger partial charge on any atom is 0.255 e. The zero-order chi connectivity index (χ0) is 13.5. The average Bonchev–Trinajstić information content (AvgIpc) is 2.29. The van der Waals surface area contributed by atoms with E-state index in [1.54, 1.807) is 13.2 Å². The zero-order valence-corrected chi connectivity index (χ0v) is 12.3. The number of hydrogen-bond donors (Lipinski definition) is 2. The molecule has 0 bridgehead atoms. The molecule has 4 nitrogen and oxygen atoms in total. The molecule has 0 saturated heterocycles. The largest absolute Gasteiger partial charge is 0.507 e. The molecule has 18 heavy (non-hydrogen) atoms. The third-order valence-corrected chi connectivity index (χ3v) is 3.25. The summed E-state index contributed by atoms with van der Waals surface area (Å²) in [5, 5.41) is 12.7. The van der Waals surface area contributed by atoms with Crippen molar-refractivity contribution in [3.05, 3.63) is 28.8 Å². The SMILES string of the molecule is COCC(Br)CCNC(=O)c1ccc(Cl)cc1O. The summed E-state index contributed by atoms with van der Waals surface area (Å²) in [5.74, 6) is -0.437. The van der Waals surface area contributed by atoms with Crippen LogP contribution in [-0.4, -0.2) is 36.1 Å². The van der Waals surface area contributed by atoms with E-state index in [2.05, 4.69) is 21.2 Å². The number of rotatable bonds is 6. The van der Waals surface area contributed by atoms with Crippen molar-refractivity contribution >= 4 is 33.4 Å². The van der Waals surface area contributed by atoms with Crippen LogP contribution in [0.15, 0.2) is 18.2 Å². The molecule has 1 aromatic carbocycles. The number of carbonyl (C=O) groups is 1.